The number of carbonyl (C=O) groups is 1. The molecule has 24 heavy (non-hydrogen) atoms. The normalized spacial score (nSPS) is 10.2. The highest BCUT2D eigenvalue weighted by Gasteiger charge is 2.08. The number of carbonyl (C=O) groups excluding carboxylic acids is 1. The van der Waals surface area contributed by atoms with Gasteiger partial charge in [-0.2, -0.15) is 0 Å². The summed E-state index contributed by atoms with van der Waals surface area (Å²) in [6.45, 7) is 0.417. The number of para-hydroxylation sites is 1. The Labute approximate surface area is 147 Å². The molecule has 2 N–H and O–H groups in total. The van der Waals surface area contributed by atoms with Gasteiger partial charge in [-0.3, -0.25) is 9.78 Å². The third-order valence-corrected chi connectivity index (χ3v) is 3.93. The van der Waals surface area contributed by atoms with Crippen LogP contribution < -0.4 is 10.6 Å². The van der Waals surface area contributed by atoms with Crippen molar-refractivity contribution in [1.29, 1.82) is 0 Å². The van der Waals surface area contributed by atoms with Gasteiger partial charge in [0.15, 0.2) is 11.5 Å². The standard InChI is InChI=1S/C17H14BrN5O/c18-13-3-1-2-4-14(13)21-16-6-5-15(22-23-16)17(24)20-11-12-7-9-19-10-8-12/h1-10H,11H2,(H,20,24)(H,21,23). The summed E-state index contributed by atoms with van der Waals surface area (Å²) in [7, 11) is 0. The minimum Gasteiger partial charge on any atom is -0.347 e. The molecule has 120 valence electrons. The molecule has 0 saturated carbocycles. The maximum Gasteiger partial charge on any atom is 0.272 e. The van der Waals surface area contributed by atoms with Crippen molar-refractivity contribution in [2.45, 2.75) is 6.54 Å². The Hall–Kier alpha value is -2.80. The molecule has 7 heteroatoms. The van der Waals surface area contributed by atoms with E-state index in [0.717, 1.165) is 15.7 Å². The molecule has 0 saturated heterocycles. The zero-order valence-corrected chi connectivity index (χ0v) is 14.2. The van der Waals surface area contributed by atoms with E-state index in [1.54, 1.807) is 24.5 Å². The Morgan fingerprint density at radius 3 is 2.50 bits per heavy atom. The smallest absolute Gasteiger partial charge is 0.272 e. The predicted molar refractivity (Wildman–Crippen MR) is 94.9 cm³/mol. The number of anilines is 2. The van der Waals surface area contributed by atoms with Crippen LogP contribution in [0.2, 0.25) is 0 Å². The molecule has 0 aliphatic rings. The number of nitrogens with one attached hydrogen (secondary N) is 2. The van der Waals surface area contributed by atoms with Gasteiger partial charge in [0.1, 0.15) is 0 Å². The zero-order valence-electron chi connectivity index (χ0n) is 12.6. The highest BCUT2D eigenvalue weighted by molar-refractivity contribution is 9.10. The number of benzene rings is 1. The van der Waals surface area contributed by atoms with Gasteiger partial charge in [0.05, 0.1) is 5.69 Å². The molecule has 0 spiro atoms. The third kappa shape index (κ3) is 4.14. The lowest BCUT2D eigenvalue weighted by molar-refractivity contribution is 0.0945. The van der Waals surface area contributed by atoms with Gasteiger partial charge in [0, 0.05) is 23.4 Å². The first kappa shape index (κ1) is 16.1. The summed E-state index contributed by atoms with van der Waals surface area (Å²) in [4.78, 5) is 16.0. The highest BCUT2D eigenvalue weighted by atomic mass is 79.9. The molecular weight excluding hydrogens is 370 g/mol. The lowest BCUT2D eigenvalue weighted by atomic mass is 10.2. The van der Waals surface area contributed by atoms with Crippen molar-refractivity contribution in [3.05, 3.63) is 76.7 Å². The fraction of sp³-hybridized carbons (Fsp3) is 0.0588. The summed E-state index contributed by atoms with van der Waals surface area (Å²) in [5, 5.41) is 13.9. The van der Waals surface area contributed by atoms with Crippen LogP contribution in [0, 0.1) is 0 Å². The van der Waals surface area contributed by atoms with Gasteiger partial charge in [-0.15, -0.1) is 10.2 Å². The van der Waals surface area contributed by atoms with Crippen LogP contribution in [0.5, 0.6) is 0 Å². The predicted octanol–water partition coefficient (Wildman–Crippen LogP) is 3.31. The van der Waals surface area contributed by atoms with Crippen molar-refractivity contribution in [3.63, 3.8) is 0 Å². The minimum atomic E-state index is -0.272. The van der Waals surface area contributed by atoms with Crippen LogP contribution in [0.25, 0.3) is 0 Å². The van der Waals surface area contributed by atoms with Crippen molar-refractivity contribution >= 4 is 33.3 Å². The van der Waals surface area contributed by atoms with E-state index in [1.807, 2.05) is 36.4 Å². The van der Waals surface area contributed by atoms with Crippen molar-refractivity contribution in [3.8, 4) is 0 Å². The molecule has 2 heterocycles. The molecule has 0 atom stereocenters. The topological polar surface area (TPSA) is 79.8 Å². The van der Waals surface area contributed by atoms with Crippen LogP contribution in [0.3, 0.4) is 0 Å². The number of hydrogen-bond acceptors (Lipinski definition) is 5. The largest absolute Gasteiger partial charge is 0.347 e. The molecule has 0 fully saturated rings. The van der Waals surface area contributed by atoms with Crippen molar-refractivity contribution in [2.24, 2.45) is 0 Å². The fourth-order valence-corrected chi connectivity index (χ4v) is 2.38. The third-order valence-electron chi connectivity index (χ3n) is 3.24. The van der Waals surface area contributed by atoms with Gasteiger partial charge < -0.3 is 10.6 Å². The molecule has 3 aromatic rings. The molecule has 1 aromatic carbocycles. The van der Waals surface area contributed by atoms with Crippen LogP contribution in [-0.2, 0) is 6.54 Å². The van der Waals surface area contributed by atoms with E-state index < -0.39 is 0 Å². The molecule has 2 aromatic heterocycles. The number of halogens is 1. The van der Waals surface area contributed by atoms with Crippen LogP contribution in [0.15, 0.2) is 65.4 Å². The van der Waals surface area contributed by atoms with E-state index >= 15 is 0 Å². The summed E-state index contributed by atoms with van der Waals surface area (Å²) >= 11 is 3.45. The molecule has 0 aliphatic heterocycles. The van der Waals surface area contributed by atoms with Gasteiger partial charge in [-0.1, -0.05) is 12.1 Å². The fourth-order valence-electron chi connectivity index (χ4n) is 1.99. The summed E-state index contributed by atoms with van der Waals surface area (Å²) in [6.07, 6.45) is 3.37. The number of nitrogens with zero attached hydrogens (tertiary/aromatic N) is 3. The Morgan fingerprint density at radius 1 is 1.00 bits per heavy atom. The SMILES string of the molecule is O=C(NCc1ccncc1)c1ccc(Nc2ccccc2Br)nn1. The lowest BCUT2D eigenvalue weighted by Gasteiger charge is -2.08. The van der Waals surface area contributed by atoms with Crippen molar-refractivity contribution in [2.75, 3.05) is 5.32 Å². The van der Waals surface area contributed by atoms with Crippen molar-refractivity contribution < 1.29 is 4.79 Å². The second-order valence-corrected chi connectivity index (χ2v) is 5.80. The molecule has 3 rings (SSSR count). The summed E-state index contributed by atoms with van der Waals surface area (Å²) in [6, 6.07) is 14.7. The summed E-state index contributed by atoms with van der Waals surface area (Å²) in [5.74, 6) is 0.291. The van der Waals surface area contributed by atoms with Gasteiger partial charge in [0.25, 0.3) is 5.91 Å². The molecule has 0 aliphatic carbocycles. The monoisotopic (exact) mass is 383 g/mol. The average Bonchev–Trinajstić information content (AvgIpc) is 2.63. The number of rotatable bonds is 5. The van der Waals surface area contributed by atoms with Gasteiger partial charge in [-0.05, 0) is 57.9 Å². The van der Waals surface area contributed by atoms with Crippen LogP contribution in [0.4, 0.5) is 11.5 Å². The number of pyridine rings is 1. The average molecular weight is 384 g/mol. The zero-order chi connectivity index (χ0) is 16.8. The Morgan fingerprint density at radius 2 is 1.79 bits per heavy atom. The molecule has 1 amide bonds. The lowest BCUT2D eigenvalue weighted by Crippen LogP contribution is -2.24. The first-order valence-electron chi connectivity index (χ1n) is 7.25. The van der Waals surface area contributed by atoms with E-state index in [1.165, 1.54) is 0 Å². The Balaban J connectivity index is 1.61. The quantitative estimate of drug-likeness (QED) is 0.706. The number of aromatic nitrogens is 3. The number of amides is 1. The molecule has 0 radical (unpaired) electrons. The minimum absolute atomic E-state index is 0.265. The van der Waals surface area contributed by atoms with Gasteiger partial charge in [-0.25, -0.2) is 0 Å². The first-order chi connectivity index (χ1) is 11.7. The maximum absolute atomic E-state index is 12.1. The Kier molecular flexibility index (Phi) is 5.12. The molecular formula is C17H14BrN5O. The van der Waals surface area contributed by atoms with E-state index in [4.69, 9.17) is 0 Å². The summed E-state index contributed by atoms with van der Waals surface area (Å²) in [5.41, 5.74) is 2.11. The van der Waals surface area contributed by atoms with Crippen LogP contribution in [-0.4, -0.2) is 21.1 Å². The van der Waals surface area contributed by atoms with E-state index in [-0.39, 0.29) is 11.6 Å². The van der Waals surface area contributed by atoms with Gasteiger partial charge in [0.2, 0.25) is 0 Å². The second-order valence-electron chi connectivity index (χ2n) is 4.95. The van der Waals surface area contributed by atoms with E-state index in [9.17, 15) is 4.79 Å². The Bertz CT molecular complexity index is 824. The maximum atomic E-state index is 12.1. The number of hydrogen-bond donors (Lipinski definition) is 2. The van der Waals surface area contributed by atoms with Crippen LogP contribution >= 0.6 is 15.9 Å². The van der Waals surface area contributed by atoms with Crippen molar-refractivity contribution in [1.82, 2.24) is 20.5 Å². The molecule has 0 unspecified atom stereocenters. The highest BCUT2D eigenvalue weighted by Crippen LogP contribution is 2.24. The van der Waals surface area contributed by atoms with Gasteiger partial charge >= 0.3 is 0 Å². The summed E-state index contributed by atoms with van der Waals surface area (Å²) < 4.78 is 0.922. The molecule has 0 bridgehead atoms. The van der Waals surface area contributed by atoms with E-state index in [2.05, 4.69) is 41.7 Å². The molecule has 6 nitrogen and oxygen atoms in total. The first-order valence-corrected chi connectivity index (χ1v) is 8.04. The van der Waals surface area contributed by atoms with E-state index in [0.29, 0.717) is 12.4 Å². The second kappa shape index (κ2) is 7.65. The van der Waals surface area contributed by atoms with Crippen LogP contribution in [0.1, 0.15) is 16.1 Å².